The molecule has 0 radical (unpaired) electrons. The summed E-state index contributed by atoms with van der Waals surface area (Å²) in [5, 5.41) is 8.77. The lowest BCUT2D eigenvalue weighted by molar-refractivity contribution is 0.0691. The standard InChI is InChI=1S/C10H6FIN2O2/c11-6-1-3-7(4-2-6)14-5-8(9(15)16)13-10(14)12/h1-5H,(H,15,16). The lowest BCUT2D eigenvalue weighted by Gasteiger charge is -2.02. The van der Waals surface area contributed by atoms with Crippen LogP contribution in [0.5, 0.6) is 0 Å². The molecule has 1 N–H and O–H groups in total. The van der Waals surface area contributed by atoms with Gasteiger partial charge in [0.05, 0.1) is 0 Å². The number of hydrogen-bond donors (Lipinski definition) is 1. The Kier molecular flexibility index (Phi) is 2.90. The average Bonchev–Trinajstić information content (AvgIpc) is 2.62. The number of rotatable bonds is 2. The smallest absolute Gasteiger partial charge is 0.356 e. The molecule has 2 rings (SSSR count). The number of halogens is 2. The van der Waals surface area contributed by atoms with Gasteiger partial charge in [0.15, 0.2) is 9.53 Å². The van der Waals surface area contributed by atoms with Crippen molar-refractivity contribution in [2.75, 3.05) is 0 Å². The van der Waals surface area contributed by atoms with E-state index in [0.717, 1.165) is 0 Å². The van der Waals surface area contributed by atoms with Crippen LogP contribution in [-0.4, -0.2) is 20.6 Å². The number of aromatic carboxylic acids is 1. The first-order valence-corrected chi connectivity index (χ1v) is 5.40. The molecule has 0 saturated heterocycles. The molecular weight excluding hydrogens is 326 g/mol. The molecule has 1 aromatic carbocycles. The van der Waals surface area contributed by atoms with Crippen LogP contribution >= 0.6 is 22.6 Å². The second kappa shape index (κ2) is 4.20. The summed E-state index contributed by atoms with van der Waals surface area (Å²) in [5.74, 6) is -1.42. The number of imidazole rings is 1. The van der Waals surface area contributed by atoms with E-state index < -0.39 is 5.97 Å². The zero-order valence-electron chi connectivity index (χ0n) is 7.89. The van der Waals surface area contributed by atoms with Crippen molar-refractivity contribution < 1.29 is 14.3 Å². The van der Waals surface area contributed by atoms with E-state index in [1.807, 2.05) is 22.6 Å². The van der Waals surface area contributed by atoms with Crippen LogP contribution in [0.2, 0.25) is 0 Å². The third kappa shape index (κ3) is 2.06. The Bertz CT molecular complexity index is 536. The number of benzene rings is 1. The van der Waals surface area contributed by atoms with Crippen molar-refractivity contribution in [3.8, 4) is 5.69 Å². The minimum absolute atomic E-state index is 0.0336. The number of aromatic nitrogens is 2. The molecule has 0 spiro atoms. The third-order valence-electron chi connectivity index (χ3n) is 1.99. The second-order valence-corrected chi connectivity index (χ2v) is 4.01. The first kappa shape index (κ1) is 11.1. The summed E-state index contributed by atoms with van der Waals surface area (Å²) in [6, 6.07) is 5.74. The van der Waals surface area contributed by atoms with Gasteiger partial charge in [0.1, 0.15) is 5.82 Å². The van der Waals surface area contributed by atoms with Gasteiger partial charge in [0.25, 0.3) is 0 Å². The summed E-state index contributed by atoms with van der Waals surface area (Å²) in [5.41, 5.74) is 0.638. The predicted molar refractivity (Wildman–Crippen MR) is 63.2 cm³/mol. The first-order chi connectivity index (χ1) is 7.58. The molecule has 0 aliphatic rings. The predicted octanol–water partition coefficient (Wildman–Crippen LogP) is 2.31. The minimum atomic E-state index is -1.08. The highest BCUT2D eigenvalue weighted by Crippen LogP contribution is 2.15. The molecule has 0 aliphatic heterocycles. The summed E-state index contributed by atoms with van der Waals surface area (Å²) >= 11 is 1.92. The highest BCUT2D eigenvalue weighted by atomic mass is 127. The number of carboxylic acids is 1. The number of carboxylic acid groups (broad SMARTS) is 1. The van der Waals surface area contributed by atoms with Crippen LogP contribution < -0.4 is 0 Å². The Morgan fingerprint density at radius 1 is 1.38 bits per heavy atom. The molecule has 2 aromatic rings. The van der Waals surface area contributed by atoms with Gasteiger partial charge in [0.2, 0.25) is 0 Å². The zero-order chi connectivity index (χ0) is 11.7. The largest absolute Gasteiger partial charge is 0.476 e. The molecule has 0 saturated carbocycles. The van der Waals surface area contributed by atoms with Crippen LogP contribution in [0.4, 0.5) is 4.39 Å². The van der Waals surface area contributed by atoms with Crippen LogP contribution in [0, 0.1) is 9.65 Å². The zero-order valence-corrected chi connectivity index (χ0v) is 10.1. The molecule has 16 heavy (non-hydrogen) atoms. The number of nitrogens with zero attached hydrogens (tertiary/aromatic N) is 2. The van der Waals surface area contributed by atoms with E-state index in [0.29, 0.717) is 9.52 Å². The van der Waals surface area contributed by atoms with Gasteiger partial charge < -0.3 is 5.11 Å². The Balaban J connectivity index is 2.47. The van der Waals surface area contributed by atoms with E-state index in [1.54, 1.807) is 16.7 Å². The van der Waals surface area contributed by atoms with Crippen molar-refractivity contribution in [3.05, 3.63) is 45.8 Å². The molecule has 0 bridgehead atoms. The molecular formula is C10H6FIN2O2. The fourth-order valence-corrected chi connectivity index (χ4v) is 1.92. The fraction of sp³-hybridized carbons (Fsp3) is 0. The maximum Gasteiger partial charge on any atom is 0.356 e. The molecule has 0 aliphatic carbocycles. The molecule has 1 aromatic heterocycles. The van der Waals surface area contributed by atoms with Crippen LogP contribution in [0.15, 0.2) is 30.5 Å². The maximum atomic E-state index is 12.7. The van der Waals surface area contributed by atoms with E-state index in [9.17, 15) is 9.18 Å². The number of carbonyl (C=O) groups is 1. The Labute approximate surface area is 104 Å². The molecule has 4 nitrogen and oxygen atoms in total. The van der Waals surface area contributed by atoms with Crippen LogP contribution in [0.1, 0.15) is 10.5 Å². The number of hydrogen-bond acceptors (Lipinski definition) is 2. The lowest BCUT2D eigenvalue weighted by Crippen LogP contribution is -1.96. The topological polar surface area (TPSA) is 55.1 Å². The third-order valence-corrected chi connectivity index (χ3v) is 2.75. The minimum Gasteiger partial charge on any atom is -0.476 e. The SMILES string of the molecule is O=C(O)c1cn(-c2ccc(F)cc2)c(I)n1. The maximum absolute atomic E-state index is 12.7. The van der Waals surface area contributed by atoms with Crippen LogP contribution in [0.3, 0.4) is 0 Å². The average molecular weight is 332 g/mol. The van der Waals surface area contributed by atoms with E-state index in [1.165, 1.54) is 18.3 Å². The molecule has 1 heterocycles. The van der Waals surface area contributed by atoms with Gasteiger partial charge in [-0.15, -0.1) is 0 Å². The summed E-state index contributed by atoms with van der Waals surface area (Å²) < 4.78 is 14.8. The first-order valence-electron chi connectivity index (χ1n) is 4.32. The van der Waals surface area contributed by atoms with Crippen molar-refractivity contribution in [1.29, 1.82) is 0 Å². The van der Waals surface area contributed by atoms with Crippen molar-refractivity contribution in [1.82, 2.24) is 9.55 Å². The highest BCUT2D eigenvalue weighted by Gasteiger charge is 2.12. The van der Waals surface area contributed by atoms with E-state index in [2.05, 4.69) is 4.98 Å². The molecule has 82 valence electrons. The van der Waals surface area contributed by atoms with E-state index >= 15 is 0 Å². The monoisotopic (exact) mass is 332 g/mol. The van der Waals surface area contributed by atoms with Crippen molar-refractivity contribution in [2.24, 2.45) is 0 Å². The van der Waals surface area contributed by atoms with Gasteiger partial charge >= 0.3 is 5.97 Å². The summed E-state index contributed by atoms with van der Waals surface area (Å²) in [6.07, 6.45) is 1.40. The Morgan fingerprint density at radius 3 is 2.50 bits per heavy atom. The molecule has 0 amide bonds. The highest BCUT2D eigenvalue weighted by molar-refractivity contribution is 14.1. The van der Waals surface area contributed by atoms with Gasteiger partial charge in [-0.2, -0.15) is 0 Å². The van der Waals surface area contributed by atoms with Gasteiger partial charge in [-0.1, -0.05) is 0 Å². The summed E-state index contributed by atoms with van der Waals surface area (Å²) in [6.45, 7) is 0. The quantitative estimate of drug-likeness (QED) is 0.859. The van der Waals surface area contributed by atoms with Crippen molar-refractivity contribution in [2.45, 2.75) is 0 Å². The van der Waals surface area contributed by atoms with Crippen LogP contribution in [0.25, 0.3) is 5.69 Å². The van der Waals surface area contributed by atoms with Crippen molar-refractivity contribution in [3.63, 3.8) is 0 Å². The summed E-state index contributed by atoms with van der Waals surface area (Å²) in [4.78, 5) is 14.6. The van der Waals surface area contributed by atoms with Gasteiger partial charge in [-0.3, -0.25) is 4.57 Å². The van der Waals surface area contributed by atoms with Gasteiger partial charge in [0, 0.05) is 34.5 Å². The lowest BCUT2D eigenvalue weighted by atomic mass is 10.3. The molecule has 0 unspecified atom stereocenters. The normalized spacial score (nSPS) is 10.4. The fourth-order valence-electron chi connectivity index (χ4n) is 1.24. The van der Waals surface area contributed by atoms with Gasteiger partial charge in [-0.05, 0) is 24.3 Å². The summed E-state index contributed by atoms with van der Waals surface area (Å²) in [7, 11) is 0. The Morgan fingerprint density at radius 2 is 2.00 bits per heavy atom. The van der Waals surface area contributed by atoms with E-state index in [-0.39, 0.29) is 11.5 Å². The molecule has 0 atom stereocenters. The Hall–Kier alpha value is -1.44. The van der Waals surface area contributed by atoms with E-state index in [4.69, 9.17) is 5.11 Å². The van der Waals surface area contributed by atoms with Gasteiger partial charge in [-0.25, -0.2) is 14.2 Å². The van der Waals surface area contributed by atoms with Crippen molar-refractivity contribution >= 4 is 28.6 Å². The van der Waals surface area contributed by atoms with Crippen LogP contribution in [-0.2, 0) is 0 Å². The molecule has 0 fully saturated rings. The second-order valence-electron chi connectivity index (χ2n) is 3.05. The molecule has 6 heteroatoms.